The van der Waals surface area contributed by atoms with E-state index in [0.29, 0.717) is 11.2 Å². The van der Waals surface area contributed by atoms with E-state index in [1.54, 1.807) is 0 Å². The topological polar surface area (TPSA) is 26.0 Å². The van der Waals surface area contributed by atoms with Gasteiger partial charge < -0.3 is 5.73 Å². The van der Waals surface area contributed by atoms with Crippen LogP contribution in [-0.2, 0) is 0 Å². The molecule has 0 aliphatic heterocycles. The van der Waals surface area contributed by atoms with Crippen molar-refractivity contribution in [3.05, 3.63) is 65.2 Å². The normalized spacial score (nSPS) is 25.2. The van der Waals surface area contributed by atoms with Crippen LogP contribution in [0.2, 0.25) is 0 Å². The molecule has 3 atom stereocenters. The van der Waals surface area contributed by atoms with Gasteiger partial charge in [-0.2, -0.15) is 0 Å². The van der Waals surface area contributed by atoms with E-state index in [0.717, 1.165) is 6.42 Å². The predicted molar refractivity (Wildman–Crippen MR) is 87.2 cm³/mol. The van der Waals surface area contributed by atoms with Crippen LogP contribution in [-0.4, -0.2) is 5.25 Å². The summed E-state index contributed by atoms with van der Waals surface area (Å²) in [5.41, 5.74) is 10.6. The van der Waals surface area contributed by atoms with Crippen molar-refractivity contribution in [3.8, 4) is 0 Å². The van der Waals surface area contributed by atoms with Gasteiger partial charge in [-0.1, -0.05) is 48.9 Å². The zero-order valence-electron chi connectivity index (χ0n) is 12.0. The van der Waals surface area contributed by atoms with E-state index in [1.165, 1.54) is 21.6 Å². The lowest BCUT2D eigenvalue weighted by Gasteiger charge is -2.34. The maximum atomic E-state index is 6.52. The van der Waals surface area contributed by atoms with Gasteiger partial charge in [0.05, 0.1) is 0 Å². The summed E-state index contributed by atoms with van der Waals surface area (Å²) in [6.07, 6.45) is 1.15. The van der Waals surface area contributed by atoms with Gasteiger partial charge in [0.2, 0.25) is 0 Å². The van der Waals surface area contributed by atoms with Gasteiger partial charge in [-0.25, -0.2) is 0 Å². The minimum Gasteiger partial charge on any atom is -0.323 e. The van der Waals surface area contributed by atoms with Crippen molar-refractivity contribution in [2.45, 2.75) is 42.4 Å². The van der Waals surface area contributed by atoms with Crippen molar-refractivity contribution in [2.75, 3.05) is 0 Å². The second-order valence-electron chi connectivity index (χ2n) is 5.76. The van der Waals surface area contributed by atoms with Gasteiger partial charge in [-0.15, -0.1) is 11.8 Å². The van der Waals surface area contributed by atoms with E-state index in [1.807, 2.05) is 11.8 Å². The summed E-state index contributed by atoms with van der Waals surface area (Å²) in [5.74, 6) is 0.591. The average Bonchev–Trinajstić information content (AvgIpc) is 2.45. The second-order valence-corrected chi connectivity index (χ2v) is 7.08. The van der Waals surface area contributed by atoms with Crippen LogP contribution in [0.3, 0.4) is 0 Å². The maximum absolute atomic E-state index is 6.52. The Hall–Kier alpha value is -1.25. The quantitative estimate of drug-likeness (QED) is 0.867. The lowest BCUT2D eigenvalue weighted by Crippen LogP contribution is -2.30. The minimum atomic E-state index is 0.132. The van der Waals surface area contributed by atoms with Crippen LogP contribution >= 0.6 is 11.8 Å². The van der Waals surface area contributed by atoms with Crippen LogP contribution in [0.4, 0.5) is 0 Å². The summed E-state index contributed by atoms with van der Waals surface area (Å²) in [7, 11) is 0. The van der Waals surface area contributed by atoms with E-state index in [-0.39, 0.29) is 6.04 Å². The average molecular weight is 283 g/mol. The molecule has 0 heterocycles. The highest BCUT2D eigenvalue weighted by Crippen LogP contribution is 2.43. The molecule has 2 N–H and O–H groups in total. The molecule has 2 aromatic carbocycles. The van der Waals surface area contributed by atoms with Gasteiger partial charge in [0.15, 0.2) is 0 Å². The number of nitrogens with two attached hydrogens (primary N) is 1. The Morgan fingerprint density at radius 2 is 1.80 bits per heavy atom. The van der Waals surface area contributed by atoms with E-state index < -0.39 is 0 Å². The first-order valence-electron chi connectivity index (χ1n) is 7.23. The highest BCUT2D eigenvalue weighted by molar-refractivity contribution is 8.00. The molecule has 1 aliphatic rings. The van der Waals surface area contributed by atoms with Gasteiger partial charge in [-0.3, -0.25) is 0 Å². The molecular weight excluding hydrogens is 262 g/mol. The fourth-order valence-electron chi connectivity index (χ4n) is 3.07. The Bertz CT molecular complexity index is 608. The summed E-state index contributed by atoms with van der Waals surface area (Å²) in [5, 5.41) is 0.460. The smallest absolute Gasteiger partial charge is 0.0422 e. The number of hydrogen-bond donors (Lipinski definition) is 1. The van der Waals surface area contributed by atoms with E-state index in [2.05, 4.69) is 62.4 Å². The molecule has 3 rings (SSSR count). The Labute approximate surface area is 125 Å². The Kier molecular flexibility index (Phi) is 3.86. The molecule has 0 fully saturated rings. The van der Waals surface area contributed by atoms with Crippen molar-refractivity contribution < 1.29 is 0 Å². The minimum absolute atomic E-state index is 0.132. The first kappa shape index (κ1) is 13.7. The molecule has 2 heteroatoms. The van der Waals surface area contributed by atoms with Crippen molar-refractivity contribution in [1.29, 1.82) is 0 Å². The van der Waals surface area contributed by atoms with Crippen LogP contribution in [0.15, 0.2) is 53.4 Å². The van der Waals surface area contributed by atoms with Gasteiger partial charge in [-0.05, 0) is 42.5 Å². The highest BCUT2D eigenvalue weighted by atomic mass is 32.2. The molecule has 0 saturated heterocycles. The number of fused-ring (bicyclic) bond motifs is 1. The molecule has 20 heavy (non-hydrogen) atoms. The molecule has 0 saturated carbocycles. The molecular formula is C18H21NS. The monoisotopic (exact) mass is 283 g/mol. The molecule has 0 amide bonds. The van der Waals surface area contributed by atoms with Crippen molar-refractivity contribution in [1.82, 2.24) is 0 Å². The molecule has 0 spiro atoms. The van der Waals surface area contributed by atoms with E-state index in [4.69, 9.17) is 5.73 Å². The molecule has 104 valence electrons. The third-order valence-electron chi connectivity index (χ3n) is 4.15. The van der Waals surface area contributed by atoms with Crippen LogP contribution in [0.25, 0.3) is 0 Å². The highest BCUT2D eigenvalue weighted by Gasteiger charge is 2.31. The van der Waals surface area contributed by atoms with Gasteiger partial charge >= 0.3 is 0 Å². The zero-order chi connectivity index (χ0) is 14.1. The second kappa shape index (κ2) is 5.63. The summed E-state index contributed by atoms with van der Waals surface area (Å²) in [6.45, 7) is 4.46. The maximum Gasteiger partial charge on any atom is 0.0422 e. The molecule has 3 unspecified atom stereocenters. The first-order valence-corrected chi connectivity index (χ1v) is 8.11. The van der Waals surface area contributed by atoms with E-state index in [9.17, 15) is 0 Å². The van der Waals surface area contributed by atoms with Crippen molar-refractivity contribution >= 4 is 11.8 Å². The molecule has 0 radical (unpaired) electrons. The Morgan fingerprint density at radius 3 is 2.55 bits per heavy atom. The summed E-state index contributed by atoms with van der Waals surface area (Å²) in [6, 6.07) is 17.5. The van der Waals surface area contributed by atoms with Gasteiger partial charge in [0.25, 0.3) is 0 Å². The molecule has 0 bridgehead atoms. The molecule has 1 nitrogen and oxygen atoms in total. The molecule has 0 aromatic heterocycles. The van der Waals surface area contributed by atoms with Gasteiger partial charge in [0, 0.05) is 16.2 Å². The lowest BCUT2D eigenvalue weighted by atomic mass is 9.81. The van der Waals surface area contributed by atoms with Crippen molar-refractivity contribution in [3.63, 3.8) is 0 Å². The third kappa shape index (κ3) is 2.63. The van der Waals surface area contributed by atoms with Crippen molar-refractivity contribution in [2.24, 2.45) is 5.73 Å². The van der Waals surface area contributed by atoms with Crippen LogP contribution in [0, 0.1) is 6.92 Å². The zero-order valence-corrected chi connectivity index (χ0v) is 12.9. The standard InChI is InChI=1S/C18H21NS/c1-12-6-5-7-14(10-12)20-17-11-13(2)15-8-3-4-9-16(15)18(17)19/h3-10,13,17-18H,11,19H2,1-2H3. The summed E-state index contributed by atoms with van der Waals surface area (Å²) < 4.78 is 0. The van der Waals surface area contributed by atoms with Gasteiger partial charge in [0.1, 0.15) is 0 Å². The largest absolute Gasteiger partial charge is 0.323 e. The third-order valence-corrected chi connectivity index (χ3v) is 5.46. The van der Waals surface area contributed by atoms with Crippen LogP contribution in [0.1, 0.15) is 42.0 Å². The molecule has 1 aliphatic carbocycles. The number of hydrogen-bond acceptors (Lipinski definition) is 2. The SMILES string of the molecule is Cc1cccc(SC2CC(C)c3ccccc3C2N)c1. The number of thioether (sulfide) groups is 1. The van der Waals surface area contributed by atoms with Crippen LogP contribution < -0.4 is 5.73 Å². The Balaban J connectivity index is 1.86. The lowest BCUT2D eigenvalue weighted by molar-refractivity contribution is 0.527. The van der Waals surface area contributed by atoms with Crippen LogP contribution in [0.5, 0.6) is 0 Å². The summed E-state index contributed by atoms with van der Waals surface area (Å²) in [4.78, 5) is 1.33. The molecule has 2 aromatic rings. The fourth-order valence-corrected chi connectivity index (χ4v) is 4.51. The Morgan fingerprint density at radius 1 is 1.05 bits per heavy atom. The fraction of sp³-hybridized carbons (Fsp3) is 0.333. The number of rotatable bonds is 2. The number of aryl methyl sites for hydroxylation is 1. The summed E-state index contributed by atoms with van der Waals surface area (Å²) >= 11 is 1.93. The first-order chi connectivity index (χ1) is 9.65. The number of benzene rings is 2. The predicted octanol–water partition coefficient (Wildman–Crippen LogP) is 4.66. The van der Waals surface area contributed by atoms with E-state index >= 15 is 0 Å².